The third-order valence-corrected chi connectivity index (χ3v) is 2.75. The first kappa shape index (κ1) is 13.6. The molecule has 0 atom stereocenters. The molecule has 5 nitrogen and oxygen atoms in total. The molecule has 0 aliphatic heterocycles. The number of carboxylic acids is 1. The number of hydrogen-bond acceptors (Lipinski definition) is 3. The second-order valence-corrected chi connectivity index (χ2v) is 4.11. The van der Waals surface area contributed by atoms with Gasteiger partial charge in [-0.15, -0.1) is 0 Å². The Labute approximate surface area is 115 Å². The van der Waals surface area contributed by atoms with Gasteiger partial charge in [-0.3, -0.25) is 5.32 Å². The van der Waals surface area contributed by atoms with Crippen LogP contribution in [0, 0.1) is 6.92 Å². The summed E-state index contributed by atoms with van der Waals surface area (Å²) in [5.41, 5.74) is 1.03. The lowest BCUT2D eigenvalue weighted by atomic mass is 10.1. The minimum atomic E-state index is -1.04. The van der Waals surface area contributed by atoms with E-state index in [-0.39, 0.29) is 5.56 Å². The molecule has 2 aromatic carbocycles. The summed E-state index contributed by atoms with van der Waals surface area (Å²) >= 11 is 0. The lowest BCUT2D eigenvalue weighted by Gasteiger charge is -2.10. The molecule has 0 radical (unpaired) electrons. The maximum atomic E-state index is 11.7. The Bertz CT molecular complexity index is 638. The molecule has 2 aromatic rings. The van der Waals surface area contributed by atoms with E-state index in [0.29, 0.717) is 17.0 Å². The first-order chi connectivity index (χ1) is 9.58. The van der Waals surface area contributed by atoms with Gasteiger partial charge in [-0.25, -0.2) is 9.59 Å². The second-order valence-electron chi connectivity index (χ2n) is 4.11. The molecular weight excluding hydrogens is 258 g/mol. The lowest BCUT2D eigenvalue weighted by Crippen LogP contribution is -2.18. The van der Waals surface area contributed by atoms with Gasteiger partial charge in [0.1, 0.15) is 5.75 Å². The Kier molecular flexibility index (Phi) is 4.00. The summed E-state index contributed by atoms with van der Waals surface area (Å²) in [6, 6.07) is 13.3. The number of amides is 1. The molecule has 0 saturated carbocycles. The molecule has 1 amide bonds. The molecule has 0 saturated heterocycles. The van der Waals surface area contributed by atoms with Crippen LogP contribution in [-0.2, 0) is 0 Å². The normalized spacial score (nSPS) is 9.85. The number of carbonyl (C=O) groups is 2. The second kappa shape index (κ2) is 5.88. The SMILES string of the molecule is Cc1c(NC(=O)Oc2ccccc2)cccc1C(=O)O. The van der Waals surface area contributed by atoms with E-state index in [1.54, 1.807) is 43.3 Å². The summed E-state index contributed by atoms with van der Waals surface area (Å²) < 4.78 is 5.08. The zero-order valence-corrected chi connectivity index (χ0v) is 10.8. The van der Waals surface area contributed by atoms with Crippen LogP contribution in [0.3, 0.4) is 0 Å². The smallest absolute Gasteiger partial charge is 0.417 e. The van der Waals surface area contributed by atoms with Gasteiger partial charge < -0.3 is 9.84 Å². The summed E-state index contributed by atoms with van der Waals surface area (Å²) in [7, 11) is 0. The van der Waals surface area contributed by atoms with Gasteiger partial charge in [0.2, 0.25) is 0 Å². The summed E-state index contributed by atoms with van der Waals surface area (Å²) in [5, 5.41) is 11.5. The van der Waals surface area contributed by atoms with Crippen molar-refractivity contribution in [1.82, 2.24) is 0 Å². The van der Waals surface area contributed by atoms with E-state index in [1.807, 2.05) is 6.07 Å². The van der Waals surface area contributed by atoms with Crippen molar-refractivity contribution in [3.8, 4) is 5.75 Å². The van der Waals surface area contributed by atoms with Gasteiger partial charge in [-0.05, 0) is 36.8 Å². The number of anilines is 1. The first-order valence-corrected chi connectivity index (χ1v) is 5.94. The van der Waals surface area contributed by atoms with Gasteiger partial charge in [0.25, 0.3) is 0 Å². The van der Waals surface area contributed by atoms with Crippen molar-refractivity contribution in [3.63, 3.8) is 0 Å². The monoisotopic (exact) mass is 271 g/mol. The molecule has 0 aliphatic rings. The Hall–Kier alpha value is -2.82. The van der Waals surface area contributed by atoms with Crippen LogP contribution >= 0.6 is 0 Å². The number of carbonyl (C=O) groups excluding carboxylic acids is 1. The van der Waals surface area contributed by atoms with Gasteiger partial charge >= 0.3 is 12.1 Å². The van der Waals surface area contributed by atoms with E-state index < -0.39 is 12.1 Å². The molecule has 102 valence electrons. The van der Waals surface area contributed by atoms with Crippen LogP contribution in [0.15, 0.2) is 48.5 Å². The van der Waals surface area contributed by atoms with Crippen LogP contribution in [-0.4, -0.2) is 17.2 Å². The summed E-state index contributed by atoms with van der Waals surface area (Å²) in [5.74, 6) is -0.625. The van der Waals surface area contributed by atoms with Crippen LogP contribution in [0.1, 0.15) is 15.9 Å². The Morgan fingerprint density at radius 2 is 1.75 bits per heavy atom. The first-order valence-electron chi connectivity index (χ1n) is 5.94. The van der Waals surface area contributed by atoms with E-state index in [9.17, 15) is 9.59 Å². The number of nitrogens with one attached hydrogen (secondary N) is 1. The Morgan fingerprint density at radius 3 is 2.40 bits per heavy atom. The van der Waals surface area contributed by atoms with Crippen molar-refractivity contribution in [1.29, 1.82) is 0 Å². The maximum absolute atomic E-state index is 11.7. The highest BCUT2D eigenvalue weighted by Gasteiger charge is 2.12. The fourth-order valence-electron chi connectivity index (χ4n) is 1.73. The number of carboxylic acid groups (broad SMARTS) is 1. The largest absolute Gasteiger partial charge is 0.478 e. The number of hydrogen-bond donors (Lipinski definition) is 2. The molecule has 20 heavy (non-hydrogen) atoms. The van der Waals surface area contributed by atoms with Crippen LogP contribution in [0.4, 0.5) is 10.5 Å². The molecule has 0 spiro atoms. The van der Waals surface area contributed by atoms with Crippen LogP contribution < -0.4 is 10.1 Å². The summed E-state index contributed by atoms with van der Waals surface area (Å²) in [6.07, 6.45) is -0.665. The predicted octanol–water partition coefficient (Wildman–Crippen LogP) is 3.30. The van der Waals surface area contributed by atoms with Crippen molar-refractivity contribution in [3.05, 3.63) is 59.7 Å². The van der Waals surface area contributed by atoms with E-state index in [2.05, 4.69) is 5.32 Å². The minimum absolute atomic E-state index is 0.141. The molecule has 0 fully saturated rings. The number of aromatic carboxylic acids is 1. The van der Waals surface area contributed by atoms with Gasteiger partial charge in [-0.1, -0.05) is 24.3 Å². The van der Waals surface area contributed by atoms with E-state index >= 15 is 0 Å². The highest BCUT2D eigenvalue weighted by molar-refractivity contribution is 5.94. The third kappa shape index (κ3) is 3.14. The van der Waals surface area contributed by atoms with Crippen molar-refractivity contribution in [2.24, 2.45) is 0 Å². The molecule has 0 bridgehead atoms. The highest BCUT2D eigenvalue weighted by Crippen LogP contribution is 2.19. The minimum Gasteiger partial charge on any atom is -0.478 e. The van der Waals surface area contributed by atoms with Crippen LogP contribution in [0.25, 0.3) is 0 Å². The molecule has 2 rings (SSSR count). The van der Waals surface area contributed by atoms with Crippen molar-refractivity contribution in [2.45, 2.75) is 6.92 Å². The standard InChI is InChI=1S/C15H13NO4/c1-10-12(14(17)18)8-5-9-13(10)16-15(19)20-11-6-3-2-4-7-11/h2-9H,1H3,(H,16,19)(H,17,18). The summed E-state index contributed by atoms with van der Waals surface area (Å²) in [6.45, 7) is 1.63. The predicted molar refractivity (Wildman–Crippen MR) is 74.2 cm³/mol. The van der Waals surface area contributed by atoms with Crippen molar-refractivity contribution < 1.29 is 19.4 Å². The molecule has 5 heteroatoms. The maximum Gasteiger partial charge on any atom is 0.417 e. The van der Waals surface area contributed by atoms with E-state index in [0.717, 1.165) is 0 Å². The van der Waals surface area contributed by atoms with Gasteiger partial charge in [0.05, 0.1) is 5.56 Å². The topological polar surface area (TPSA) is 75.6 Å². The average Bonchev–Trinajstić information content (AvgIpc) is 2.42. The van der Waals surface area contributed by atoms with Gasteiger partial charge in [-0.2, -0.15) is 0 Å². The summed E-state index contributed by atoms with van der Waals surface area (Å²) in [4.78, 5) is 22.7. The number of rotatable bonds is 3. The van der Waals surface area contributed by atoms with Gasteiger partial charge in [0.15, 0.2) is 0 Å². The zero-order valence-electron chi connectivity index (χ0n) is 10.8. The fraction of sp³-hybridized carbons (Fsp3) is 0.0667. The zero-order chi connectivity index (χ0) is 14.5. The number of benzene rings is 2. The molecule has 2 N–H and O–H groups in total. The highest BCUT2D eigenvalue weighted by atomic mass is 16.6. The molecule has 0 aliphatic carbocycles. The quantitative estimate of drug-likeness (QED) is 0.898. The molecule has 0 heterocycles. The van der Waals surface area contributed by atoms with Crippen LogP contribution in [0.2, 0.25) is 0 Å². The molecular formula is C15H13NO4. The number of para-hydroxylation sites is 1. The van der Waals surface area contributed by atoms with Crippen molar-refractivity contribution in [2.75, 3.05) is 5.32 Å². The molecule has 0 aromatic heterocycles. The lowest BCUT2D eigenvalue weighted by molar-refractivity contribution is 0.0696. The van der Waals surface area contributed by atoms with Crippen LogP contribution in [0.5, 0.6) is 5.75 Å². The van der Waals surface area contributed by atoms with Crippen molar-refractivity contribution >= 4 is 17.7 Å². The number of ether oxygens (including phenoxy) is 1. The van der Waals surface area contributed by atoms with E-state index in [4.69, 9.17) is 9.84 Å². The van der Waals surface area contributed by atoms with Gasteiger partial charge in [0, 0.05) is 5.69 Å². The average molecular weight is 271 g/mol. The third-order valence-electron chi connectivity index (χ3n) is 2.75. The van der Waals surface area contributed by atoms with E-state index in [1.165, 1.54) is 6.07 Å². The Balaban J connectivity index is 2.12. The Morgan fingerprint density at radius 1 is 1.05 bits per heavy atom. The molecule has 0 unspecified atom stereocenters. The fourth-order valence-corrected chi connectivity index (χ4v) is 1.73.